The Hall–Kier alpha value is -1.16. The van der Waals surface area contributed by atoms with E-state index in [-0.39, 0.29) is 5.82 Å². The van der Waals surface area contributed by atoms with E-state index in [0.29, 0.717) is 17.2 Å². The average molecular weight is 322 g/mol. The van der Waals surface area contributed by atoms with E-state index in [9.17, 15) is 4.39 Å². The summed E-state index contributed by atoms with van der Waals surface area (Å²) < 4.78 is 21.4. The van der Waals surface area contributed by atoms with E-state index in [1.807, 2.05) is 0 Å². The molecule has 0 spiro atoms. The van der Waals surface area contributed by atoms with Gasteiger partial charge < -0.3 is 9.47 Å². The molecule has 2 rings (SSSR count). The Bertz CT molecular complexity index is 535. The lowest BCUT2D eigenvalue weighted by molar-refractivity contribution is 0.320. The van der Waals surface area contributed by atoms with Gasteiger partial charge in [0, 0.05) is 0 Å². The molecule has 0 unspecified atom stereocenters. The minimum Gasteiger partial charge on any atom is -0.457 e. The number of halogens is 4. The molecule has 0 bridgehead atoms. The average Bonchev–Trinajstić information content (AvgIpc) is 2.33. The largest absolute Gasteiger partial charge is 0.457 e. The molecule has 0 amide bonds. The molecule has 2 aromatic carbocycles. The first-order chi connectivity index (χ1) is 8.92. The van der Waals surface area contributed by atoms with Crippen LogP contribution in [-0.4, -0.2) is 3.98 Å². The van der Waals surface area contributed by atoms with E-state index in [0.717, 1.165) is 0 Å². The summed E-state index contributed by atoms with van der Waals surface area (Å²) in [5.74, 6) is 1.16. The summed E-state index contributed by atoms with van der Waals surface area (Å²) >= 11 is 16.5. The van der Waals surface area contributed by atoms with Crippen LogP contribution in [0.5, 0.6) is 17.2 Å². The second-order valence-electron chi connectivity index (χ2n) is 3.58. The molecule has 0 aliphatic carbocycles. The van der Waals surface area contributed by atoms with Crippen molar-refractivity contribution < 1.29 is 13.9 Å². The lowest BCUT2D eigenvalue weighted by Crippen LogP contribution is -2.12. The highest BCUT2D eigenvalue weighted by Crippen LogP contribution is 2.31. The van der Waals surface area contributed by atoms with Crippen LogP contribution in [0.4, 0.5) is 4.39 Å². The zero-order valence-corrected chi connectivity index (χ0v) is 11.7. The first-order valence-electron chi connectivity index (χ1n) is 5.22. The van der Waals surface area contributed by atoms with Crippen molar-refractivity contribution in [1.82, 2.24) is 0 Å². The fraction of sp³-hybridized carbons (Fsp3) is 0.0769. The Morgan fingerprint density at radius 3 is 1.63 bits per heavy atom. The second kappa shape index (κ2) is 5.87. The van der Waals surface area contributed by atoms with E-state index in [1.54, 1.807) is 24.3 Å². The molecule has 0 heterocycles. The van der Waals surface area contributed by atoms with Gasteiger partial charge in [0.25, 0.3) is 0 Å². The van der Waals surface area contributed by atoms with Gasteiger partial charge in [-0.3, -0.25) is 0 Å². The van der Waals surface area contributed by atoms with Crippen molar-refractivity contribution in [2.75, 3.05) is 0 Å². The maximum absolute atomic E-state index is 12.7. The highest BCUT2D eigenvalue weighted by molar-refractivity contribution is 6.66. The Labute approximate surface area is 124 Å². The third-order valence-corrected chi connectivity index (χ3v) is 2.34. The summed E-state index contributed by atoms with van der Waals surface area (Å²) in [5.41, 5.74) is 0. The maximum atomic E-state index is 12.7. The molecule has 0 aliphatic rings. The summed E-state index contributed by atoms with van der Waals surface area (Å²) in [7, 11) is 0. The van der Waals surface area contributed by atoms with Crippen LogP contribution in [0.3, 0.4) is 0 Å². The van der Waals surface area contributed by atoms with Crippen LogP contribution >= 0.6 is 34.8 Å². The van der Waals surface area contributed by atoms with Crippen molar-refractivity contribution in [3.8, 4) is 17.2 Å². The molecule has 0 fully saturated rings. The molecular formula is C13H8Cl3FO2. The minimum atomic E-state index is -1.81. The van der Waals surface area contributed by atoms with Crippen molar-refractivity contribution >= 4 is 34.8 Å². The number of ether oxygens (including phenoxy) is 2. The lowest BCUT2D eigenvalue weighted by Gasteiger charge is -2.13. The predicted octanol–water partition coefficient (Wildman–Crippen LogP) is 5.32. The number of alkyl halides is 3. The van der Waals surface area contributed by atoms with E-state index in [1.165, 1.54) is 24.3 Å². The second-order valence-corrected chi connectivity index (χ2v) is 5.75. The van der Waals surface area contributed by atoms with Crippen LogP contribution in [0.2, 0.25) is 0 Å². The lowest BCUT2D eigenvalue weighted by atomic mass is 10.3. The molecule has 0 saturated carbocycles. The molecule has 0 N–H and O–H groups in total. The van der Waals surface area contributed by atoms with Gasteiger partial charge in [0.1, 0.15) is 23.1 Å². The summed E-state index contributed by atoms with van der Waals surface area (Å²) in [4.78, 5) is 0. The van der Waals surface area contributed by atoms with Crippen LogP contribution in [0.1, 0.15) is 0 Å². The first kappa shape index (κ1) is 14.3. The van der Waals surface area contributed by atoms with Crippen LogP contribution in [0, 0.1) is 5.82 Å². The number of benzene rings is 2. The Balaban J connectivity index is 2.04. The molecule has 0 radical (unpaired) electrons. The van der Waals surface area contributed by atoms with E-state index < -0.39 is 3.98 Å². The molecule has 0 saturated heterocycles. The normalized spacial score (nSPS) is 11.2. The highest BCUT2D eigenvalue weighted by atomic mass is 35.6. The molecule has 2 aromatic rings. The molecule has 6 heteroatoms. The van der Waals surface area contributed by atoms with Gasteiger partial charge in [-0.25, -0.2) is 4.39 Å². The zero-order chi connectivity index (χ0) is 13.9. The van der Waals surface area contributed by atoms with Crippen LogP contribution < -0.4 is 9.47 Å². The predicted molar refractivity (Wildman–Crippen MR) is 73.8 cm³/mol. The standard InChI is InChI=1S/C13H8Cl3FO2/c14-13(15,16)19-12-7-5-11(6-8-12)18-10-3-1-9(17)2-4-10/h1-8H. The monoisotopic (exact) mass is 320 g/mol. The fourth-order valence-electron chi connectivity index (χ4n) is 1.35. The summed E-state index contributed by atoms with van der Waals surface area (Å²) in [6.45, 7) is 0. The SMILES string of the molecule is Fc1ccc(Oc2ccc(OC(Cl)(Cl)Cl)cc2)cc1. The Morgan fingerprint density at radius 1 is 0.737 bits per heavy atom. The maximum Gasteiger partial charge on any atom is 0.338 e. The third-order valence-electron chi connectivity index (χ3n) is 2.11. The third kappa shape index (κ3) is 4.78. The van der Waals surface area contributed by atoms with Crippen molar-refractivity contribution in [3.63, 3.8) is 0 Å². The summed E-state index contributed by atoms with van der Waals surface area (Å²) in [6.07, 6.45) is 0. The minimum absolute atomic E-state index is 0.321. The van der Waals surface area contributed by atoms with E-state index in [4.69, 9.17) is 44.3 Å². The summed E-state index contributed by atoms with van der Waals surface area (Å²) in [5, 5.41) is 0. The van der Waals surface area contributed by atoms with Crippen LogP contribution in [-0.2, 0) is 0 Å². The van der Waals surface area contributed by atoms with Crippen molar-refractivity contribution in [1.29, 1.82) is 0 Å². The topological polar surface area (TPSA) is 18.5 Å². The van der Waals surface area contributed by atoms with Gasteiger partial charge in [-0.1, -0.05) is 0 Å². The van der Waals surface area contributed by atoms with Crippen molar-refractivity contribution in [2.45, 2.75) is 3.98 Å². The molecule has 0 aromatic heterocycles. The van der Waals surface area contributed by atoms with Crippen LogP contribution in [0.25, 0.3) is 0 Å². The molecular weight excluding hydrogens is 313 g/mol. The van der Waals surface area contributed by atoms with Crippen molar-refractivity contribution in [3.05, 3.63) is 54.3 Å². The smallest absolute Gasteiger partial charge is 0.338 e. The number of rotatable bonds is 3. The van der Waals surface area contributed by atoms with Crippen molar-refractivity contribution in [2.24, 2.45) is 0 Å². The molecule has 100 valence electrons. The van der Waals surface area contributed by atoms with Gasteiger partial charge in [-0.2, -0.15) is 0 Å². The van der Waals surface area contributed by atoms with Gasteiger partial charge in [-0.05, 0) is 83.3 Å². The highest BCUT2D eigenvalue weighted by Gasteiger charge is 2.21. The molecule has 0 aliphatic heterocycles. The molecule has 0 atom stereocenters. The zero-order valence-electron chi connectivity index (χ0n) is 9.45. The van der Waals surface area contributed by atoms with E-state index >= 15 is 0 Å². The van der Waals surface area contributed by atoms with Gasteiger partial charge in [0.05, 0.1) is 0 Å². The Morgan fingerprint density at radius 2 is 1.16 bits per heavy atom. The Kier molecular flexibility index (Phi) is 4.40. The van der Waals surface area contributed by atoms with E-state index in [2.05, 4.69) is 0 Å². The first-order valence-corrected chi connectivity index (χ1v) is 6.35. The van der Waals surface area contributed by atoms with Gasteiger partial charge >= 0.3 is 3.98 Å². The van der Waals surface area contributed by atoms with Crippen LogP contribution in [0.15, 0.2) is 48.5 Å². The van der Waals surface area contributed by atoms with Gasteiger partial charge in [0.15, 0.2) is 0 Å². The van der Waals surface area contributed by atoms with Gasteiger partial charge in [-0.15, -0.1) is 0 Å². The fourth-order valence-corrected chi connectivity index (χ4v) is 1.62. The molecule has 2 nitrogen and oxygen atoms in total. The van der Waals surface area contributed by atoms with Gasteiger partial charge in [0.2, 0.25) is 0 Å². The quantitative estimate of drug-likeness (QED) is 0.712. The number of hydrogen-bond acceptors (Lipinski definition) is 2. The summed E-state index contributed by atoms with van der Waals surface area (Å²) in [6, 6.07) is 12.2. The number of hydrogen-bond donors (Lipinski definition) is 0. The molecule has 19 heavy (non-hydrogen) atoms.